The number of hydrogen-bond acceptors (Lipinski definition) is 3. The minimum absolute atomic E-state index is 0.280. The van der Waals surface area contributed by atoms with Crippen LogP contribution in [0, 0.1) is 11.3 Å². The molecule has 3 rings (SSSR count). The van der Waals surface area contributed by atoms with Gasteiger partial charge in [0.05, 0.1) is 0 Å². The molecule has 0 amide bonds. The summed E-state index contributed by atoms with van der Waals surface area (Å²) in [5, 5.41) is 0. The molecule has 2 atom stereocenters. The van der Waals surface area contributed by atoms with E-state index in [1.807, 2.05) is 6.07 Å². The first-order chi connectivity index (χ1) is 9.41. The fraction of sp³-hybridized carbons (Fsp3) is 0.750. The van der Waals surface area contributed by atoms with Crippen molar-refractivity contribution in [2.24, 2.45) is 11.3 Å². The van der Waals surface area contributed by atoms with E-state index in [2.05, 4.69) is 46.7 Å². The minimum Gasteiger partial charge on any atom is -0.474 e. The van der Waals surface area contributed by atoms with Crippen LogP contribution in [0.15, 0.2) is 10.7 Å². The lowest BCUT2D eigenvalue weighted by Gasteiger charge is -2.38. The van der Waals surface area contributed by atoms with E-state index in [0.29, 0.717) is 11.3 Å². The Hall–Kier alpha value is -0.640. The summed E-state index contributed by atoms with van der Waals surface area (Å²) in [7, 11) is 0. The van der Waals surface area contributed by atoms with Gasteiger partial charge in [-0.2, -0.15) is 4.98 Å². The van der Waals surface area contributed by atoms with E-state index in [-0.39, 0.29) is 6.10 Å². The second kappa shape index (κ2) is 5.28. The lowest BCUT2D eigenvalue weighted by molar-refractivity contribution is 0.0529. The van der Waals surface area contributed by atoms with Gasteiger partial charge in [-0.3, -0.25) is 0 Å². The fourth-order valence-corrected chi connectivity index (χ4v) is 3.89. The first-order valence-corrected chi connectivity index (χ1v) is 8.42. The Balaban J connectivity index is 1.73. The predicted molar refractivity (Wildman–Crippen MR) is 82.9 cm³/mol. The molecule has 1 aromatic rings. The molecule has 2 aliphatic carbocycles. The molecule has 4 heteroatoms. The van der Waals surface area contributed by atoms with Crippen LogP contribution in [0.25, 0.3) is 0 Å². The number of hydrogen-bond donors (Lipinski definition) is 0. The van der Waals surface area contributed by atoms with Gasteiger partial charge in [-0.25, -0.2) is 4.98 Å². The normalized spacial score (nSPS) is 29.2. The molecule has 0 bridgehead atoms. The van der Waals surface area contributed by atoms with Gasteiger partial charge in [-0.1, -0.05) is 20.8 Å². The van der Waals surface area contributed by atoms with Crippen LogP contribution in [0.4, 0.5) is 0 Å². The summed E-state index contributed by atoms with van der Waals surface area (Å²) in [5.74, 6) is 2.95. The summed E-state index contributed by atoms with van der Waals surface area (Å²) in [4.78, 5) is 9.06. The van der Waals surface area contributed by atoms with Crippen molar-refractivity contribution < 1.29 is 4.74 Å². The minimum atomic E-state index is 0.280. The van der Waals surface area contributed by atoms with Gasteiger partial charge in [0.2, 0.25) is 5.88 Å². The van der Waals surface area contributed by atoms with E-state index in [4.69, 9.17) is 4.74 Å². The monoisotopic (exact) mass is 338 g/mol. The van der Waals surface area contributed by atoms with E-state index in [1.54, 1.807) is 0 Å². The molecule has 0 aliphatic heterocycles. The average Bonchev–Trinajstić information content (AvgIpc) is 3.07. The summed E-state index contributed by atoms with van der Waals surface area (Å²) < 4.78 is 7.02. The Morgan fingerprint density at radius 2 is 2.00 bits per heavy atom. The number of halogens is 1. The van der Waals surface area contributed by atoms with Gasteiger partial charge in [0.25, 0.3) is 0 Å². The molecule has 1 heterocycles. The topological polar surface area (TPSA) is 35.0 Å². The van der Waals surface area contributed by atoms with Crippen LogP contribution in [0.5, 0.6) is 5.88 Å². The molecule has 3 nitrogen and oxygen atoms in total. The summed E-state index contributed by atoms with van der Waals surface area (Å²) in [5.41, 5.74) is 0.367. The Morgan fingerprint density at radius 3 is 2.65 bits per heavy atom. The second-order valence-corrected chi connectivity index (χ2v) is 8.13. The summed E-state index contributed by atoms with van der Waals surface area (Å²) >= 11 is 3.48. The highest BCUT2D eigenvalue weighted by atomic mass is 79.9. The first-order valence-electron chi connectivity index (χ1n) is 7.62. The van der Waals surface area contributed by atoms with Crippen molar-refractivity contribution in [1.82, 2.24) is 9.97 Å². The van der Waals surface area contributed by atoms with Crippen molar-refractivity contribution in [3.63, 3.8) is 0 Å². The van der Waals surface area contributed by atoms with Crippen LogP contribution in [0.1, 0.15) is 64.6 Å². The highest BCUT2D eigenvalue weighted by Crippen LogP contribution is 2.41. The number of nitrogens with zero attached hydrogens (tertiary/aromatic N) is 2. The van der Waals surface area contributed by atoms with Crippen LogP contribution < -0.4 is 4.74 Å². The zero-order chi connectivity index (χ0) is 14.3. The maximum absolute atomic E-state index is 6.18. The van der Waals surface area contributed by atoms with Gasteiger partial charge in [0.15, 0.2) is 0 Å². The molecule has 0 spiro atoms. The van der Waals surface area contributed by atoms with E-state index >= 15 is 0 Å². The molecular weight excluding hydrogens is 316 g/mol. The molecule has 2 aliphatic rings. The van der Waals surface area contributed by atoms with Crippen molar-refractivity contribution in [3.8, 4) is 5.88 Å². The summed E-state index contributed by atoms with van der Waals surface area (Å²) in [6, 6.07) is 1.90. The average molecular weight is 339 g/mol. The van der Waals surface area contributed by atoms with Gasteiger partial charge >= 0.3 is 0 Å². The van der Waals surface area contributed by atoms with Crippen LogP contribution >= 0.6 is 15.9 Å². The van der Waals surface area contributed by atoms with Gasteiger partial charge in [-0.15, -0.1) is 0 Å². The predicted octanol–water partition coefficient (Wildman–Crippen LogP) is 4.71. The smallest absolute Gasteiger partial charge is 0.218 e. The fourth-order valence-electron chi connectivity index (χ4n) is 3.52. The van der Waals surface area contributed by atoms with Crippen molar-refractivity contribution >= 4 is 15.9 Å². The van der Waals surface area contributed by atoms with Crippen molar-refractivity contribution in [2.45, 2.75) is 64.9 Å². The Labute approximate surface area is 129 Å². The zero-order valence-corrected chi connectivity index (χ0v) is 14.1. The number of rotatable bonds is 3. The number of aromatic nitrogens is 2. The summed E-state index contributed by atoms with van der Waals surface area (Å²) in [6.07, 6.45) is 6.23. The Bertz CT molecular complexity index is 499. The standard InChI is InChI=1S/C16H23BrN2O/c1-10-6-12(9-16(2,3)8-10)20-14-7-13(17)18-15(19-14)11-4-5-11/h7,10-12H,4-6,8-9H2,1-3H3. The van der Waals surface area contributed by atoms with Crippen LogP contribution in [0.2, 0.25) is 0 Å². The van der Waals surface area contributed by atoms with Gasteiger partial charge < -0.3 is 4.74 Å². The molecule has 0 aromatic carbocycles. The summed E-state index contributed by atoms with van der Waals surface area (Å²) in [6.45, 7) is 7.00. The maximum atomic E-state index is 6.18. The SMILES string of the molecule is CC1CC(Oc2cc(Br)nc(C3CC3)n2)CC(C)(C)C1. The van der Waals surface area contributed by atoms with Gasteiger partial charge in [0.1, 0.15) is 16.5 Å². The quantitative estimate of drug-likeness (QED) is 0.748. The van der Waals surface area contributed by atoms with Crippen LogP contribution in [-0.2, 0) is 0 Å². The molecule has 1 aromatic heterocycles. The third kappa shape index (κ3) is 3.51. The van der Waals surface area contributed by atoms with E-state index in [1.165, 1.54) is 19.3 Å². The maximum Gasteiger partial charge on any atom is 0.218 e. The number of ether oxygens (including phenoxy) is 1. The molecular formula is C16H23BrN2O. The van der Waals surface area contributed by atoms with Gasteiger partial charge in [-0.05, 0) is 59.4 Å². The van der Waals surface area contributed by atoms with E-state index < -0.39 is 0 Å². The first kappa shape index (κ1) is 14.3. The van der Waals surface area contributed by atoms with Crippen molar-refractivity contribution in [1.29, 1.82) is 0 Å². The molecule has 110 valence electrons. The second-order valence-electron chi connectivity index (χ2n) is 7.31. The van der Waals surface area contributed by atoms with Crippen LogP contribution in [-0.4, -0.2) is 16.1 Å². The molecule has 2 unspecified atom stereocenters. The van der Waals surface area contributed by atoms with E-state index in [0.717, 1.165) is 35.1 Å². The molecule has 0 saturated heterocycles. The Kier molecular flexibility index (Phi) is 3.78. The molecule has 2 fully saturated rings. The molecule has 2 saturated carbocycles. The largest absolute Gasteiger partial charge is 0.474 e. The molecule has 0 radical (unpaired) electrons. The van der Waals surface area contributed by atoms with Crippen LogP contribution in [0.3, 0.4) is 0 Å². The van der Waals surface area contributed by atoms with Crippen molar-refractivity contribution in [3.05, 3.63) is 16.5 Å². The molecule has 20 heavy (non-hydrogen) atoms. The lowest BCUT2D eigenvalue weighted by Crippen LogP contribution is -2.34. The molecule has 0 N–H and O–H groups in total. The highest BCUT2D eigenvalue weighted by molar-refractivity contribution is 9.10. The highest BCUT2D eigenvalue weighted by Gasteiger charge is 2.34. The van der Waals surface area contributed by atoms with E-state index in [9.17, 15) is 0 Å². The third-order valence-electron chi connectivity index (χ3n) is 4.27. The van der Waals surface area contributed by atoms with Gasteiger partial charge in [0, 0.05) is 12.0 Å². The Morgan fingerprint density at radius 1 is 1.25 bits per heavy atom. The third-order valence-corrected chi connectivity index (χ3v) is 4.67. The lowest BCUT2D eigenvalue weighted by atomic mass is 9.71. The van der Waals surface area contributed by atoms with Crippen molar-refractivity contribution in [2.75, 3.05) is 0 Å². The zero-order valence-electron chi connectivity index (χ0n) is 12.5.